The van der Waals surface area contributed by atoms with E-state index in [0.717, 1.165) is 0 Å². The van der Waals surface area contributed by atoms with Crippen LogP contribution in [-0.2, 0) is 4.79 Å². The van der Waals surface area contributed by atoms with Crippen LogP contribution in [0.1, 0.15) is 20.6 Å². The first-order valence-corrected chi connectivity index (χ1v) is 3.68. The summed E-state index contributed by atoms with van der Waals surface area (Å²) in [5.74, 6) is -2.55. The number of aliphatic carboxylic acids is 1. The number of aromatic nitrogens is 1. The number of pyridine rings is 1. The molecule has 1 aliphatic rings. The van der Waals surface area contributed by atoms with Crippen molar-refractivity contribution in [2.45, 2.75) is 12.3 Å². The Hall–Kier alpha value is -1.38. The van der Waals surface area contributed by atoms with E-state index < -0.39 is 24.2 Å². The van der Waals surface area contributed by atoms with Gasteiger partial charge in [-0.2, -0.15) is 0 Å². The van der Waals surface area contributed by atoms with Gasteiger partial charge in [0.25, 0.3) is 0 Å². The third kappa shape index (κ3) is 1.18. The summed E-state index contributed by atoms with van der Waals surface area (Å²) < 4.78 is 15.0. The summed E-state index contributed by atoms with van der Waals surface area (Å²) in [6.07, 6.45) is 1.47. The highest BCUT2D eigenvalue weighted by Gasteiger charge is 2.44. The number of nitrogens with zero attached hydrogens (tertiary/aromatic N) is 1. The zero-order valence-electron chi connectivity index (χ0n) is 8.27. The summed E-state index contributed by atoms with van der Waals surface area (Å²) in [5, 5.41) is 8.76. The fourth-order valence-corrected chi connectivity index (χ4v) is 1.20. The van der Waals surface area contributed by atoms with E-state index in [1.54, 1.807) is 18.3 Å². The Bertz CT molecular complexity index is 366. The molecule has 12 heavy (non-hydrogen) atoms. The Kier molecular flexibility index (Phi) is 1.14. The van der Waals surface area contributed by atoms with E-state index in [9.17, 15) is 4.79 Å². The van der Waals surface area contributed by atoms with Gasteiger partial charge in [0.05, 0.1) is 5.92 Å². The quantitative estimate of drug-likeness (QED) is 0.717. The van der Waals surface area contributed by atoms with Gasteiger partial charge in [-0.05, 0) is 23.9 Å². The highest BCUT2D eigenvalue weighted by atomic mass is 16.4. The second kappa shape index (κ2) is 2.59. The molecule has 0 aromatic carbocycles. The molecule has 1 heterocycles. The van der Waals surface area contributed by atoms with Crippen molar-refractivity contribution in [3.63, 3.8) is 0 Å². The lowest BCUT2D eigenvalue weighted by molar-refractivity contribution is -0.138. The van der Waals surface area contributed by atoms with Crippen LogP contribution in [0.5, 0.6) is 0 Å². The van der Waals surface area contributed by atoms with Gasteiger partial charge in [0.1, 0.15) is 0 Å². The number of hydrogen-bond donors (Lipinski definition) is 1. The molecule has 1 saturated carbocycles. The molecular formula is C9H9NO2. The summed E-state index contributed by atoms with van der Waals surface area (Å²) in [5.41, 5.74) is 0.657. The molecule has 62 valence electrons. The fourth-order valence-electron chi connectivity index (χ4n) is 1.20. The largest absolute Gasteiger partial charge is 0.481 e. The average molecular weight is 165 g/mol. The molecule has 0 radical (unpaired) electrons. The van der Waals surface area contributed by atoms with Gasteiger partial charge in [0.15, 0.2) is 0 Å². The predicted octanol–water partition coefficient (Wildman–Crippen LogP) is 1.27. The van der Waals surface area contributed by atoms with Crippen LogP contribution in [0.2, 0.25) is 0 Å². The molecular weight excluding hydrogens is 154 g/mol. The molecule has 1 aliphatic carbocycles. The Balaban J connectivity index is 2.28. The van der Waals surface area contributed by atoms with E-state index in [2.05, 4.69) is 4.98 Å². The molecule has 0 aliphatic heterocycles. The summed E-state index contributed by atoms with van der Waals surface area (Å²) in [4.78, 5) is 14.5. The maximum absolute atomic E-state index is 10.7. The van der Waals surface area contributed by atoms with E-state index in [4.69, 9.17) is 7.85 Å². The molecule has 0 spiro atoms. The van der Waals surface area contributed by atoms with Crippen LogP contribution in [0.15, 0.2) is 24.5 Å². The van der Waals surface area contributed by atoms with Gasteiger partial charge in [-0.15, -0.1) is 0 Å². The third-order valence-electron chi connectivity index (χ3n) is 1.89. The Morgan fingerprint density at radius 3 is 3.17 bits per heavy atom. The number of rotatable bonds is 2. The van der Waals surface area contributed by atoms with Crippen LogP contribution >= 0.6 is 0 Å². The van der Waals surface area contributed by atoms with Crippen LogP contribution in [-0.4, -0.2) is 16.1 Å². The minimum absolute atomic E-state index is 0.548. The lowest BCUT2D eigenvalue weighted by Gasteiger charge is -1.94. The lowest BCUT2D eigenvalue weighted by Crippen LogP contribution is -1.98. The zero-order chi connectivity index (χ0) is 10.3. The SMILES string of the molecule is [2H]C1([2H])[C@@H](C(=O)O)[C@@H]1c1cccnc1. The summed E-state index contributed by atoms with van der Waals surface area (Å²) in [7, 11) is 0. The average Bonchev–Trinajstić information content (AvgIpc) is 2.71. The summed E-state index contributed by atoms with van der Waals surface area (Å²) in [6, 6.07) is 3.39. The van der Waals surface area contributed by atoms with Crippen molar-refractivity contribution in [1.29, 1.82) is 0 Å². The number of carboxylic acids is 1. The zero-order valence-corrected chi connectivity index (χ0v) is 6.27. The van der Waals surface area contributed by atoms with Crippen molar-refractivity contribution >= 4 is 5.97 Å². The second-order valence-electron chi connectivity index (χ2n) is 2.75. The molecule has 0 saturated heterocycles. The molecule has 3 heteroatoms. The van der Waals surface area contributed by atoms with E-state index in [0.29, 0.717) is 5.56 Å². The Morgan fingerprint density at radius 1 is 1.83 bits per heavy atom. The molecule has 1 N–H and O–H groups in total. The van der Waals surface area contributed by atoms with E-state index >= 15 is 0 Å². The van der Waals surface area contributed by atoms with Crippen molar-refractivity contribution in [1.82, 2.24) is 4.98 Å². The van der Waals surface area contributed by atoms with Crippen LogP contribution in [0.25, 0.3) is 0 Å². The molecule has 1 aromatic rings. The van der Waals surface area contributed by atoms with Crippen molar-refractivity contribution in [2.75, 3.05) is 0 Å². The topological polar surface area (TPSA) is 50.2 Å². The molecule has 1 fully saturated rings. The minimum atomic E-state index is -1.63. The van der Waals surface area contributed by atoms with Crippen molar-refractivity contribution < 1.29 is 12.6 Å². The number of carbonyl (C=O) groups is 1. The molecule has 2 atom stereocenters. The summed E-state index contributed by atoms with van der Waals surface area (Å²) >= 11 is 0. The highest BCUT2D eigenvalue weighted by Crippen LogP contribution is 2.47. The van der Waals surface area contributed by atoms with Gasteiger partial charge in [-0.3, -0.25) is 9.78 Å². The van der Waals surface area contributed by atoms with Gasteiger partial charge < -0.3 is 5.11 Å². The first-order chi connectivity index (χ1) is 6.55. The van der Waals surface area contributed by atoms with Crippen molar-refractivity contribution in [3.8, 4) is 0 Å². The highest BCUT2D eigenvalue weighted by molar-refractivity contribution is 5.75. The molecule has 3 nitrogen and oxygen atoms in total. The van der Waals surface area contributed by atoms with Crippen LogP contribution in [0.4, 0.5) is 0 Å². The van der Waals surface area contributed by atoms with Crippen molar-refractivity contribution in [3.05, 3.63) is 30.1 Å². The van der Waals surface area contributed by atoms with Crippen LogP contribution < -0.4 is 0 Å². The smallest absolute Gasteiger partial charge is 0.307 e. The first kappa shape index (κ1) is 5.30. The van der Waals surface area contributed by atoms with Gasteiger partial charge in [-0.1, -0.05) is 6.07 Å². The first-order valence-electron chi connectivity index (χ1n) is 4.68. The van der Waals surface area contributed by atoms with Crippen LogP contribution in [0, 0.1) is 5.92 Å². The molecule has 0 amide bonds. The minimum Gasteiger partial charge on any atom is -0.481 e. The lowest BCUT2D eigenvalue weighted by atomic mass is 10.1. The number of hydrogen-bond acceptors (Lipinski definition) is 2. The van der Waals surface area contributed by atoms with Gasteiger partial charge in [-0.25, -0.2) is 0 Å². The summed E-state index contributed by atoms with van der Waals surface area (Å²) in [6.45, 7) is 0. The third-order valence-corrected chi connectivity index (χ3v) is 1.89. The number of carboxylic acid groups (broad SMARTS) is 1. The van der Waals surface area contributed by atoms with E-state index in [1.165, 1.54) is 6.20 Å². The molecule has 0 unspecified atom stereocenters. The van der Waals surface area contributed by atoms with Gasteiger partial charge >= 0.3 is 5.97 Å². The normalized spacial score (nSPS) is 33.3. The fraction of sp³-hybridized carbons (Fsp3) is 0.333. The van der Waals surface area contributed by atoms with E-state index in [-0.39, 0.29) is 0 Å². The monoisotopic (exact) mass is 165 g/mol. The van der Waals surface area contributed by atoms with Crippen molar-refractivity contribution in [2.24, 2.45) is 5.92 Å². The molecule has 1 aromatic heterocycles. The molecule has 0 bridgehead atoms. The van der Waals surface area contributed by atoms with Gasteiger partial charge in [0, 0.05) is 15.1 Å². The second-order valence-corrected chi connectivity index (χ2v) is 2.75. The maximum Gasteiger partial charge on any atom is 0.307 e. The van der Waals surface area contributed by atoms with E-state index in [1.807, 2.05) is 0 Å². The maximum atomic E-state index is 10.7. The molecule has 2 rings (SSSR count). The van der Waals surface area contributed by atoms with Crippen LogP contribution in [0.3, 0.4) is 0 Å². The predicted molar refractivity (Wildman–Crippen MR) is 42.7 cm³/mol. The Morgan fingerprint density at radius 2 is 2.67 bits per heavy atom. The van der Waals surface area contributed by atoms with Gasteiger partial charge in [0.2, 0.25) is 0 Å². The standard InChI is InChI=1S/C9H9NO2/c11-9(12)8-4-7(8)6-2-1-3-10-5-6/h1-3,5,7-8H,4H2,(H,11,12)/t7-,8+/m0/s1/i4D2. The Labute approximate surface area is 72.9 Å².